The van der Waals surface area contributed by atoms with Gasteiger partial charge in [-0.05, 0) is 31.9 Å². The molecule has 1 fully saturated rings. The third-order valence-corrected chi connectivity index (χ3v) is 3.90. The molecule has 1 aliphatic rings. The topological polar surface area (TPSA) is 47.4 Å². The molecule has 106 valence electrons. The Morgan fingerprint density at radius 3 is 2.80 bits per heavy atom. The summed E-state index contributed by atoms with van der Waals surface area (Å²) in [6, 6.07) is 7.86. The van der Waals surface area contributed by atoms with E-state index in [1.165, 1.54) is 0 Å². The van der Waals surface area contributed by atoms with Gasteiger partial charge in [-0.25, -0.2) is 4.98 Å². The van der Waals surface area contributed by atoms with Crippen LogP contribution in [0.1, 0.15) is 19.8 Å². The van der Waals surface area contributed by atoms with Crippen LogP contribution < -0.4 is 4.90 Å². The SMILES string of the molecule is C[C@@H]1CC[C@@H](C(=O)N(C)c2nc3ccccc3n2C)O1. The van der Waals surface area contributed by atoms with Crippen LogP contribution >= 0.6 is 0 Å². The molecule has 2 aromatic rings. The monoisotopic (exact) mass is 273 g/mol. The predicted molar refractivity (Wildman–Crippen MR) is 77.7 cm³/mol. The number of hydrogen-bond donors (Lipinski definition) is 0. The number of amides is 1. The molecule has 1 aromatic carbocycles. The first-order chi connectivity index (χ1) is 9.58. The lowest BCUT2D eigenvalue weighted by atomic mass is 10.2. The summed E-state index contributed by atoms with van der Waals surface area (Å²) >= 11 is 0. The van der Waals surface area contributed by atoms with Gasteiger partial charge in [0, 0.05) is 14.1 Å². The minimum Gasteiger partial charge on any atom is -0.365 e. The number of para-hydroxylation sites is 2. The third-order valence-electron chi connectivity index (χ3n) is 3.90. The van der Waals surface area contributed by atoms with E-state index in [1.807, 2.05) is 42.8 Å². The Balaban J connectivity index is 1.90. The first-order valence-electron chi connectivity index (χ1n) is 6.92. The molecule has 0 radical (unpaired) electrons. The fourth-order valence-corrected chi connectivity index (χ4v) is 2.73. The number of carbonyl (C=O) groups is 1. The number of likely N-dealkylation sites (N-methyl/N-ethyl adjacent to an activating group) is 1. The molecule has 0 bridgehead atoms. The molecular weight excluding hydrogens is 254 g/mol. The van der Waals surface area contributed by atoms with Crippen molar-refractivity contribution >= 4 is 22.9 Å². The number of carbonyl (C=O) groups excluding carboxylic acids is 1. The van der Waals surface area contributed by atoms with Gasteiger partial charge >= 0.3 is 0 Å². The van der Waals surface area contributed by atoms with Crippen molar-refractivity contribution in [3.8, 4) is 0 Å². The number of aromatic nitrogens is 2. The minimum absolute atomic E-state index is 0.0206. The largest absolute Gasteiger partial charge is 0.365 e. The van der Waals surface area contributed by atoms with Crippen molar-refractivity contribution in [3.63, 3.8) is 0 Å². The second kappa shape index (κ2) is 4.90. The average molecular weight is 273 g/mol. The summed E-state index contributed by atoms with van der Waals surface area (Å²) in [6.45, 7) is 2.00. The molecular formula is C15H19N3O2. The average Bonchev–Trinajstić information content (AvgIpc) is 3.02. The highest BCUT2D eigenvalue weighted by atomic mass is 16.5. The summed E-state index contributed by atoms with van der Waals surface area (Å²) in [5.74, 6) is 0.632. The molecule has 2 atom stereocenters. The first kappa shape index (κ1) is 13.1. The molecule has 5 nitrogen and oxygen atoms in total. The Bertz CT molecular complexity index is 650. The van der Waals surface area contributed by atoms with Gasteiger partial charge in [-0.3, -0.25) is 9.69 Å². The van der Waals surface area contributed by atoms with Crippen LogP contribution in [0.3, 0.4) is 0 Å². The number of ether oxygens (including phenoxy) is 1. The summed E-state index contributed by atoms with van der Waals surface area (Å²) in [6.07, 6.45) is 1.55. The van der Waals surface area contributed by atoms with Crippen LogP contribution in [0.2, 0.25) is 0 Å². The molecule has 20 heavy (non-hydrogen) atoms. The summed E-state index contributed by atoms with van der Waals surface area (Å²) in [5, 5.41) is 0. The van der Waals surface area contributed by atoms with Crippen molar-refractivity contribution in [1.29, 1.82) is 0 Å². The quantitative estimate of drug-likeness (QED) is 0.842. The van der Waals surface area contributed by atoms with Crippen LogP contribution in [-0.4, -0.2) is 34.7 Å². The van der Waals surface area contributed by atoms with E-state index in [9.17, 15) is 4.79 Å². The lowest BCUT2D eigenvalue weighted by Crippen LogP contribution is -2.37. The van der Waals surface area contributed by atoms with Crippen LogP contribution in [0.15, 0.2) is 24.3 Å². The zero-order chi connectivity index (χ0) is 14.3. The number of aryl methyl sites for hydroxylation is 1. The van der Waals surface area contributed by atoms with Crippen molar-refractivity contribution in [2.45, 2.75) is 32.0 Å². The molecule has 1 saturated heterocycles. The fraction of sp³-hybridized carbons (Fsp3) is 0.467. The van der Waals surface area contributed by atoms with Gasteiger partial charge in [0.15, 0.2) is 0 Å². The van der Waals surface area contributed by atoms with E-state index in [0.29, 0.717) is 5.95 Å². The maximum absolute atomic E-state index is 12.5. The Labute approximate surface area is 118 Å². The Kier molecular flexibility index (Phi) is 3.22. The van der Waals surface area contributed by atoms with E-state index in [-0.39, 0.29) is 18.1 Å². The normalized spacial score (nSPS) is 22.4. The van der Waals surface area contributed by atoms with Gasteiger partial charge in [0.2, 0.25) is 5.95 Å². The molecule has 1 aromatic heterocycles. The van der Waals surface area contributed by atoms with Crippen molar-refractivity contribution < 1.29 is 9.53 Å². The zero-order valence-corrected chi connectivity index (χ0v) is 12.0. The van der Waals surface area contributed by atoms with Crippen molar-refractivity contribution in [2.75, 3.05) is 11.9 Å². The van der Waals surface area contributed by atoms with E-state index < -0.39 is 0 Å². The van der Waals surface area contributed by atoms with Gasteiger partial charge in [-0.1, -0.05) is 12.1 Å². The lowest BCUT2D eigenvalue weighted by molar-refractivity contribution is -0.128. The zero-order valence-electron chi connectivity index (χ0n) is 12.0. The third kappa shape index (κ3) is 2.08. The molecule has 2 heterocycles. The molecule has 5 heteroatoms. The number of hydrogen-bond acceptors (Lipinski definition) is 3. The summed E-state index contributed by atoms with van der Waals surface area (Å²) in [4.78, 5) is 18.6. The van der Waals surface area contributed by atoms with Crippen LogP contribution in [0, 0.1) is 0 Å². The summed E-state index contributed by atoms with van der Waals surface area (Å²) in [5.41, 5.74) is 1.91. The Morgan fingerprint density at radius 2 is 2.15 bits per heavy atom. The number of fused-ring (bicyclic) bond motifs is 1. The standard InChI is InChI=1S/C15H19N3O2/c1-10-8-9-13(20-10)14(19)18(3)15-16-11-6-4-5-7-12(11)17(15)2/h4-7,10,13H,8-9H2,1-3H3/t10-,13+/m1/s1. The first-order valence-corrected chi connectivity index (χ1v) is 6.92. The van der Waals surface area contributed by atoms with Gasteiger partial charge in [0.05, 0.1) is 17.1 Å². The number of nitrogens with zero attached hydrogens (tertiary/aromatic N) is 3. The maximum Gasteiger partial charge on any atom is 0.258 e. The fourth-order valence-electron chi connectivity index (χ4n) is 2.73. The lowest BCUT2D eigenvalue weighted by Gasteiger charge is -2.20. The van der Waals surface area contributed by atoms with Gasteiger partial charge in [-0.15, -0.1) is 0 Å². The molecule has 0 unspecified atom stereocenters. The molecule has 0 spiro atoms. The van der Waals surface area contributed by atoms with Crippen molar-refractivity contribution in [2.24, 2.45) is 7.05 Å². The van der Waals surface area contributed by atoms with E-state index >= 15 is 0 Å². The van der Waals surface area contributed by atoms with Gasteiger partial charge in [-0.2, -0.15) is 0 Å². The van der Waals surface area contributed by atoms with Crippen molar-refractivity contribution in [1.82, 2.24) is 9.55 Å². The summed E-state index contributed by atoms with van der Waals surface area (Å²) < 4.78 is 7.59. The van der Waals surface area contributed by atoms with E-state index in [4.69, 9.17) is 4.74 Å². The number of imidazole rings is 1. The van der Waals surface area contributed by atoms with Crippen LogP contribution in [-0.2, 0) is 16.6 Å². The van der Waals surface area contributed by atoms with E-state index in [1.54, 1.807) is 11.9 Å². The molecule has 0 N–H and O–H groups in total. The number of rotatable bonds is 2. The smallest absolute Gasteiger partial charge is 0.258 e. The van der Waals surface area contributed by atoms with Gasteiger partial charge < -0.3 is 9.30 Å². The highest BCUT2D eigenvalue weighted by Gasteiger charge is 2.32. The Morgan fingerprint density at radius 1 is 1.40 bits per heavy atom. The maximum atomic E-state index is 12.5. The number of benzene rings is 1. The minimum atomic E-state index is -0.338. The Hall–Kier alpha value is -1.88. The molecule has 1 amide bonds. The molecule has 3 rings (SSSR count). The van der Waals surface area contributed by atoms with Gasteiger partial charge in [0.1, 0.15) is 6.10 Å². The van der Waals surface area contributed by atoms with E-state index in [0.717, 1.165) is 23.9 Å². The van der Waals surface area contributed by atoms with Crippen LogP contribution in [0.5, 0.6) is 0 Å². The summed E-state index contributed by atoms with van der Waals surface area (Å²) in [7, 11) is 3.68. The molecule has 0 saturated carbocycles. The predicted octanol–water partition coefficient (Wildman–Crippen LogP) is 2.10. The highest BCUT2D eigenvalue weighted by molar-refractivity contribution is 5.96. The second-order valence-electron chi connectivity index (χ2n) is 5.37. The highest BCUT2D eigenvalue weighted by Crippen LogP contribution is 2.24. The number of anilines is 1. The molecule has 1 aliphatic heterocycles. The molecule has 0 aliphatic carbocycles. The van der Waals surface area contributed by atoms with Crippen LogP contribution in [0.25, 0.3) is 11.0 Å². The van der Waals surface area contributed by atoms with Crippen LogP contribution in [0.4, 0.5) is 5.95 Å². The van der Waals surface area contributed by atoms with Gasteiger partial charge in [0.25, 0.3) is 5.91 Å². The second-order valence-corrected chi connectivity index (χ2v) is 5.37. The van der Waals surface area contributed by atoms with Crippen molar-refractivity contribution in [3.05, 3.63) is 24.3 Å². The van der Waals surface area contributed by atoms with E-state index in [2.05, 4.69) is 4.98 Å².